The predicted molar refractivity (Wildman–Crippen MR) is 101 cm³/mol. The summed E-state index contributed by atoms with van der Waals surface area (Å²) in [5, 5.41) is 2.87. The summed E-state index contributed by atoms with van der Waals surface area (Å²) < 4.78 is 33.4. The number of anilines is 1. The molecule has 0 bridgehead atoms. The molecule has 0 aliphatic rings. The Morgan fingerprint density at radius 1 is 1.21 bits per heavy atom. The van der Waals surface area contributed by atoms with Gasteiger partial charge in [0.05, 0.1) is 10.0 Å². The SMILES string of the molecule is CC(OC(=O)C=Cc1ccc(OC(F)F)cc1)C(=O)Nc1ncc(Cl)cc1Cl. The van der Waals surface area contributed by atoms with Crippen LogP contribution in [0.5, 0.6) is 5.75 Å². The summed E-state index contributed by atoms with van der Waals surface area (Å²) in [6, 6.07) is 7.02. The average Bonchev–Trinajstić information content (AvgIpc) is 2.63. The van der Waals surface area contributed by atoms with Crippen molar-refractivity contribution in [3.05, 3.63) is 58.2 Å². The van der Waals surface area contributed by atoms with Gasteiger partial charge >= 0.3 is 12.6 Å². The fourth-order valence-electron chi connectivity index (χ4n) is 1.92. The number of ether oxygens (including phenoxy) is 2. The fourth-order valence-corrected chi connectivity index (χ4v) is 2.34. The van der Waals surface area contributed by atoms with Gasteiger partial charge in [0.25, 0.3) is 5.91 Å². The van der Waals surface area contributed by atoms with E-state index in [-0.39, 0.29) is 16.6 Å². The first-order valence-corrected chi connectivity index (χ1v) is 8.55. The Bertz CT molecular complexity index is 876. The third kappa shape index (κ3) is 6.79. The molecule has 10 heteroatoms. The number of benzene rings is 1. The van der Waals surface area contributed by atoms with Crippen LogP contribution in [0.25, 0.3) is 6.08 Å². The van der Waals surface area contributed by atoms with Gasteiger partial charge in [0.15, 0.2) is 11.9 Å². The predicted octanol–water partition coefficient (Wildman–Crippen LogP) is 4.57. The van der Waals surface area contributed by atoms with Crippen LogP contribution in [-0.4, -0.2) is 29.6 Å². The summed E-state index contributed by atoms with van der Waals surface area (Å²) in [7, 11) is 0. The second-order valence-electron chi connectivity index (χ2n) is 5.33. The van der Waals surface area contributed by atoms with Crippen LogP contribution in [0.1, 0.15) is 12.5 Å². The van der Waals surface area contributed by atoms with Gasteiger partial charge in [-0.2, -0.15) is 8.78 Å². The van der Waals surface area contributed by atoms with E-state index in [2.05, 4.69) is 15.0 Å². The van der Waals surface area contributed by atoms with E-state index in [4.69, 9.17) is 27.9 Å². The number of amides is 1. The van der Waals surface area contributed by atoms with Gasteiger partial charge in [0.2, 0.25) is 0 Å². The van der Waals surface area contributed by atoms with Gasteiger partial charge in [-0.3, -0.25) is 4.79 Å². The number of halogens is 4. The number of alkyl halides is 2. The largest absolute Gasteiger partial charge is 0.449 e. The molecule has 0 saturated carbocycles. The molecule has 28 heavy (non-hydrogen) atoms. The third-order valence-electron chi connectivity index (χ3n) is 3.23. The van der Waals surface area contributed by atoms with Gasteiger partial charge < -0.3 is 14.8 Å². The molecular weight excluding hydrogens is 417 g/mol. The molecule has 0 fully saturated rings. The molecule has 148 valence electrons. The highest BCUT2D eigenvalue weighted by Gasteiger charge is 2.18. The van der Waals surface area contributed by atoms with Gasteiger partial charge in [-0.05, 0) is 36.8 Å². The van der Waals surface area contributed by atoms with Crippen molar-refractivity contribution in [3.8, 4) is 5.75 Å². The first kappa shape index (κ1) is 21.6. The lowest BCUT2D eigenvalue weighted by atomic mass is 10.2. The standard InChI is InChI=1S/C18H14Cl2F2N2O4/c1-10(17(26)24-16-14(20)8-12(19)9-23-16)27-15(25)7-4-11-2-5-13(6-3-11)28-18(21)22/h2-10,18H,1H3,(H,23,24,26). The maximum absolute atomic E-state index is 12.1. The molecule has 1 amide bonds. The zero-order valence-electron chi connectivity index (χ0n) is 14.4. The molecule has 1 unspecified atom stereocenters. The van der Waals surface area contributed by atoms with Gasteiger partial charge in [0.1, 0.15) is 5.75 Å². The maximum atomic E-state index is 12.1. The van der Waals surface area contributed by atoms with E-state index in [1.54, 1.807) is 0 Å². The summed E-state index contributed by atoms with van der Waals surface area (Å²) in [6.07, 6.45) is 2.68. The number of hydrogen-bond donors (Lipinski definition) is 1. The molecule has 0 radical (unpaired) electrons. The molecule has 1 atom stereocenters. The van der Waals surface area contributed by atoms with Crippen LogP contribution in [0.2, 0.25) is 10.0 Å². The van der Waals surface area contributed by atoms with Crippen molar-refractivity contribution in [2.45, 2.75) is 19.6 Å². The summed E-state index contributed by atoms with van der Waals surface area (Å²) in [5.74, 6) is -1.33. The highest BCUT2D eigenvalue weighted by Crippen LogP contribution is 2.22. The lowest BCUT2D eigenvalue weighted by Crippen LogP contribution is -2.29. The monoisotopic (exact) mass is 430 g/mol. The summed E-state index contributed by atoms with van der Waals surface area (Å²) in [5.41, 5.74) is 0.549. The number of hydrogen-bond acceptors (Lipinski definition) is 5. The Morgan fingerprint density at radius 3 is 2.50 bits per heavy atom. The summed E-state index contributed by atoms with van der Waals surface area (Å²) in [6.45, 7) is -1.54. The highest BCUT2D eigenvalue weighted by molar-refractivity contribution is 6.36. The van der Waals surface area contributed by atoms with Crippen LogP contribution in [0.4, 0.5) is 14.6 Å². The smallest absolute Gasteiger partial charge is 0.387 e. The zero-order chi connectivity index (χ0) is 20.7. The van der Waals surface area contributed by atoms with Crippen molar-refractivity contribution in [1.82, 2.24) is 4.98 Å². The van der Waals surface area contributed by atoms with Crippen LogP contribution in [-0.2, 0) is 14.3 Å². The summed E-state index contributed by atoms with van der Waals surface area (Å²) >= 11 is 11.6. The first-order valence-electron chi connectivity index (χ1n) is 7.80. The normalized spacial score (nSPS) is 12.1. The Balaban J connectivity index is 1.88. The van der Waals surface area contributed by atoms with Gasteiger partial charge in [0, 0.05) is 12.3 Å². The number of carbonyl (C=O) groups is 2. The van der Waals surface area contributed by atoms with Crippen LogP contribution in [0.3, 0.4) is 0 Å². The number of carbonyl (C=O) groups excluding carboxylic acids is 2. The van der Waals surface area contributed by atoms with Crippen molar-refractivity contribution in [2.75, 3.05) is 5.32 Å². The molecule has 0 spiro atoms. The number of pyridine rings is 1. The van der Waals surface area contributed by atoms with Gasteiger partial charge in [-0.1, -0.05) is 35.3 Å². The second-order valence-corrected chi connectivity index (χ2v) is 6.18. The number of esters is 1. The molecule has 0 saturated heterocycles. The van der Waals surface area contributed by atoms with E-state index in [0.29, 0.717) is 10.6 Å². The van der Waals surface area contributed by atoms with Gasteiger partial charge in [-0.25, -0.2) is 9.78 Å². The lowest BCUT2D eigenvalue weighted by Gasteiger charge is -2.12. The van der Waals surface area contributed by atoms with Crippen LogP contribution < -0.4 is 10.1 Å². The molecule has 1 N–H and O–H groups in total. The minimum atomic E-state index is -2.91. The highest BCUT2D eigenvalue weighted by atomic mass is 35.5. The third-order valence-corrected chi connectivity index (χ3v) is 3.72. The Labute approximate surface area is 169 Å². The molecule has 1 aromatic heterocycles. The molecule has 1 heterocycles. The molecule has 1 aromatic carbocycles. The first-order chi connectivity index (χ1) is 13.2. The quantitative estimate of drug-likeness (QED) is 0.513. The Kier molecular flexibility index (Phi) is 7.71. The number of nitrogens with zero attached hydrogens (tertiary/aromatic N) is 1. The molecule has 2 rings (SSSR count). The van der Waals surface area contributed by atoms with Crippen molar-refractivity contribution in [3.63, 3.8) is 0 Å². The number of rotatable bonds is 7. The van der Waals surface area contributed by atoms with Crippen molar-refractivity contribution >= 4 is 47.0 Å². The average molecular weight is 431 g/mol. The Hall–Kier alpha value is -2.71. The van der Waals surface area contributed by atoms with E-state index in [1.807, 2.05) is 0 Å². The lowest BCUT2D eigenvalue weighted by molar-refractivity contribution is -0.148. The Morgan fingerprint density at radius 2 is 1.89 bits per heavy atom. The maximum Gasteiger partial charge on any atom is 0.387 e. The molecule has 0 aliphatic heterocycles. The van der Waals surface area contributed by atoms with E-state index in [9.17, 15) is 18.4 Å². The van der Waals surface area contributed by atoms with Crippen molar-refractivity contribution < 1.29 is 27.8 Å². The van der Waals surface area contributed by atoms with Gasteiger partial charge in [-0.15, -0.1) is 0 Å². The van der Waals surface area contributed by atoms with Crippen molar-refractivity contribution in [1.29, 1.82) is 0 Å². The van der Waals surface area contributed by atoms with E-state index in [1.165, 1.54) is 49.5 Å². The van der Waals surface area contributed by atoms with Crippen molar-refractivity contribution in [2.24, 2.45) is 0 Å². The van der Waals surface area contributed by atoms with E-state index < -0.39 is 24.6 Å². The van der Waals surface area contributed by atoms with E-state index >= 15 is 0 Å². The minimum absolute atomic E-state index is 0.00510. The zero-order valence-corrected chi connectivity index (χ0v) is 15.9. The molecule has 6 nitrogen and oxygen atoms in total. The van der Waals surface area contributed by atoms with Crippen LogP contribution >= 0.6 is 23.2 Å². The molecular formula is C18H14Cl2F2N2O4. The van der Waals surface area contributed by atoms with Crippen LogP contribution in [0.15, 0.2) is 42.6 Å². The fraction of sp³-hybridized carbons (Fsp3) is 0.167. The minimum Gasteiger partial charge on any atom is -0.449 e. The number of nitrogens with one attached hydrogen (secondary N) is 1. The topological polar surface area (TPSA) is 77.5 Å². The molecule has 0 aliphatic carbocycles. The number of aromatic nitrogens is 1. The molecule has 2 aromatic rings. The van der Waals surface area contributed by atoms with Crippen LogP contribution in [0, 0.1) is 0 Å². The van der Waals surface area contributed by atoms with E-state index in [0.717, 1.165) is 6.08 Å². The second kappa shape index (κ2) is 10.0. The summed E-state index contributed by atoms with van der Waals surface area (Å²) in [4.78, 5) is 27.8.